The Balaban J connectivity index is 3.14. The van der Waals surface area contributed by atoms with Crippen LogP contribution in [0.15, 0.2) is 16.6 Å². The molecule has 1 unspecified atom stereocenters. The third-order valence-electron chi connectivity index (χ3n) is 1.54. The molecule has 0 aliphatic rings. The molecule has 0 radical (unpaired) electrons. The van der Waals surface area contributed by atoms with Crippen molar-refractivity contribution in [2.75, 3.05) is 7.11 Å². The number of thiol groups is 1. The first-order chi connectivity index (χ1) is 6.67. The molecule has 0 aliphatic heterocycles. The fourth-order valence-corrected chi connectivity index (χ4v) is 1.31. The number of hydrogen-bond acceptors (Lipinski definition) is 5. The molecule has 6 heteroatoms. The van der Waals surface area contributed by atoms with E-state index in [0.717, 1.165) is 5.56 Å². The smallest absolute Gasteiger partial charge is 0.157 e. The van der Waals surface area contributed by atoms with E-state index in [1.807, 2.05) is 6.07 Å². The zero-order valence-corrected chi connectivity index (χ0v) is 8.65. The third kappa shape index (κ3) is 2.52. The van der Waals surface area contributed by atoms with Crippen LogP contribution in [0.1, 0.15) is 11.3 Å². The van der Waals surface area contributed by atoms with E-state index in [1.54, 1.807) is 13.0 Å². The lowest BCUT2D eigenvalue weighted by Crippen LogP contribution is -1.85. The van der Waals surface area contributed by atoms with Gasteiger partial charge in [0, 0.05) is 0 Å². The van der Waals surface area contributed by atoms with Crippen molar-refractivity contribution in [1.29, 1.82) is 5.26 Å². The summed E-state index contributed by atoms with van der Waals surface area (Å²) >= 11 is 0. The van der Waals surface area contributed by atoms with Crippen molar-refractivity contribution in [1.82, 2.24) is 4.98 Å². The van der Waals surface area contributed by atoms with Crippen LogP contribution in [0.4, 0.5) is 5.69 Å². The summed E-state index contributed by atoms with van der Waals surface area (Å²) in [6, 6.07) is 3.49. The number of nitrogens with zero attached hydrogens (tertiary/aromatic N) is 3. The summed E-state index contributed by atoms with van der Waals surface area (Å²) in [5, 5.41) is 8.56. The minimum atomic E-state index is -2.03. The summed E-state index contributed by atoms with van der Waals surface area (Å²) in [6.07, 6.45) is 1.40. The topological polar surface area (TPSA) is 75.3 Å². The van der Waals surface area contributed by atoms with Crippen LogP contribution in [-0.2, 0) is 15.1 Å². The van der Waals surface area contributed by atoms with Gasteiger partial charge in [-0.1, -0.05) is 0 Å². The van der Waals surface area contributed by atoms with E-state index < -0.39 is 10.9 Å². The van der Waals surface area contributed by atoms with Gasteiger partial charge in [0.25, 0.3) is 0 Å². The fourth-order valence-electron chi connectivity index (χ4n) is 0.843. The highest BCUT2D eigenvalue weighted by Gasteiger charge is 1.99. The quantitative estimate of drug-likeness (QED) is 0.744. The lowest BCUT2D eigenvalue weighted by Gasteiger charge is -1.97. The lowest BCUT2D eigenvalue weighted by molar-refractivity contribution is 0.453. The average molecular weight is 211 g/mol. The van der Waals surface area contributed by atoms with Gasteiger partial charge in [0.05, 0.1) is 19.0 Å². The van der Waals surface area contributed by atoms with E-state index in [0.29, 0.717) is 11.4 Å². The number of hydrogen-bond donors (Lipinski definition) is 1. The van der Waals surface area contributed by atoms with Gasteiger partial charge in [-0.25, -0.2) is 9.19 Å². The molecule has 1 aromatic rings. The van der Waals surface area contributed by atoms with Gasteiger partial charge >= 0.3 is 0 Å². The van der Waals surface area contributed by atoms with E-state index in [4.69, 9.17) is 5.26 Å². The van der Waals surface area contributed by atoms with Crippen LogP contribution in [0.5, 0.6) is 0 Å². The third-order valence-corrected chi connectivity index (χ3v) is 2.23. The Bertz CT molecular complexity index is 458. The highest BCUT2D eigenvalue weighted by atomic mass is 32.2. The van der Waals surface area contributed by atoms with Crippen LogP contribution >= 0.6 is 0 Å². The van der Waals surface area contributed by atoms with Crippen LogP contribution in [0.3, 0.4) is 0 Å². The molecule has 0 amide bonds. The predicted molar refractivity (Wildman–Crippen MR) is 52.3 cm³/mol. The number of rotatable bonds is 2. The Morgan fingerprint density at radius 3 is 2.93 bits per heavy atom. The maximum Gasteiger partial charge on any atom is 0.157 e. The van der Waals surface area contributed by atoms with Crippen LogP contribution in [-0.4, -0.2) is 16.3 Å². The number of nitriles is 1. The Kier molecular flexibility index (Phi) is 3.56. The van der Waals surface area contributed by atoms with Crippen molar-refractivity contribution in [2.24, 2.45) is 4.36 Å². The molecule has 0 saturated heterocycles. The predicted octanol–water partition coefficient (Wildman–Crippen LogP) is 1.12. The second-order valence-corrected chi connectivity index (χ2v) is 3.53. The molecule has 1 aromatic heterocycles. The lowest BCUT2D eigenvalue weighted by atomic mass is 10.2. The zero-order chi connectivity index (χ0) is 10.6. The van der Waals surface area contributed by atoms with Gasteiger partial charge in [0.2, 0.25) is 0 Å². The van der Waals surface area contributed by atoms with Crippen LogP contribution in [0, 0.1) is 18.3 Å². The van der Waals surface area contributed by atoms with E-state index in [2.05, 4.69) is 13.5 Å². The SMILES string of the molecule is CO[SH](=O)=Nc1cnc(C#N)cc1C. The van der Waals surface area contributed by atoms with Crippen molar-refractivity contribution in [2.45, 2.75) is 6.92 Å². The van der Waals surface area contributed by atoms with Gasteiger partial charge < -0.3 is 0 Å². The summed E-state index contributed by atoms with van der Waals surface area (Å²) in [5.41, 5.74) is 1.54. The van der Waals surface area contributed by atoms with E-state index in [9.17, 15) is 4.21 Å². The van der Waals surface area contributed by atoms with Gasteiger partial charge in [-0.15, -0.1) is 0 Å². The monoisotopic (exact) mass is 211 g/mol. The highest BCUT2D eigenvalue weighted by Crippen LogP contribution is 2.17. The van der Waals surface area contributed by atoms with Gasteiger partial charge in [0.1, 0.15) is 11.8 Å². The molecule has 0 aromatic carbocycles. The highest BCUT2D eigenvalue weighted by molar-refractivity contribution is 7.69. The fraction of sp³-hybridized carbons (Fsp3) is 0.250. The first-order valence-electron chi connectivity index (χ1n) is 3.77. The van der Waals surface area contributed by atoms with Crippen molar-refractivity contribution < 1.29 is 8.39 Å². The van der Waals surface area contributed by atoms with Gasteiger partial charge in [-0.2, -0.15) is 9.62 Å². The molecule has 1 atom stereocenters. The summed E-state index contributed by atoms with van der Waals surface area (Å²) in [7, 11) is -0.719. The van der Waals surface area contributed by atoms with Crippen LogP contribution in [0.2, 0.25) is 0 Å². The summed E-state index contributed by atoms with van der Waals surface area (Å²) in [4.78, 5) is 3.81. The standard InChI is InChI=1S/C8H9N3O2S/c1-6-3-7(4-9)10-5-8(6)11-14(12)13-2/h3,5,14H,1-2H3. The second kappa shape index (κ2) is 4.69. The summed E-state index contributed by atoms with van der Waals surface area (Å²) in [6.45, 7) is 1.76. The summed E-state index contributed by atoms with van der Waals surface area (Å²) in [5.74, 6) is 0. The van der Waals surface area contributed by atoms with E-state index >= 15 is 0 Å². The van der Waals surface area contributed by atoms with Crippen LogP contribution in [0.25, 0.3) is 0 Å². The molecule has 0 saturated carbocycles. The Labute approximate surface area is 83.8 Å². The van der Waals surface area contributed by atoms with E-state index in [1.165, 1.54) is 13.3 Å². The number of aryl methyl sites for hydroxylation is 1. The van der Waals surface area contributed by atoms with Crippen LogP contribution < -0.4 is 0 Å². The average Bonchev–Trinajstić information content (AvgIpc) is 2.20. The minimum Gasteiger partial charge on any atom is -0.290 e. The first kappa shape index (κ1) is 10.6. The largest absolute Gasteiger partial charge is 0.290 e. The second-order valence-electron chi connectivity index (χ2n) is 2.49. The normalized spacial score (nSPS) is 12.4. The minimum absolute atomic E-state index is 0.314. The molecular formula is C8H9N3O2S. The molecule has 0 bridgehead atoms. The molecular weight excluding hydrogens is 202 g/mol. The van der Waals surface area contributed by atoms with Crippen molar-refractivity contribution in [3.05, 3.63) is 23.5 Å². The number of pyridine rings is 1. The molecule has 0 spiro atoms. The molecule has 0 N–H and O–H groups in total. The molecule has 5 nitrogen and oxygen atoms in total. The molecule has 0 fully saturated rings. The maximum atomic E-state index is 11.0. The van der Waals surface area contributed by atoms with E-state index in [-0.39, 0.29) is 0 Å². The van der Waals surface area contributed by atoms with Crippen molar-refractivity contribution in [3.8, 4) is 6.07 Å². The molecule has 14 heavy (non-hydrogen) atoms. The maximum absolute atomic E-state index is 11.0. The zero-order valence-electron chi connectivity index (χ0n) is 7.76. The Morgan fingerprint density at radius 2 is 2.43 bits per heavy atom. The molecule has 0 aliphatic carbocycles. The summed E-state index contributed by atoms with van der Waals surface area (Å²) < 4.78 is 19.2. The Morgan fingerprint density at radius 1 is 1.71 bits per heavy atom. The molecule has 1 rings (SSSR count). The molecule has 1 heterocycles. The van der Waals surface area contributed by atoms with Gasteiger partial charge in [0.15, 0.2) is 10.9 Å². The van der Waals surface area contributed by atoms with Gasteiger partial charge in [-0.05, 0) is 18.6 Å². The number of aromatic nitrogens is 1. The molecule has 74 valence electrons. The van der Waals surface area contributed by atoms with Crippen molar-refractivity contribution >= 4 is 16.6 Å². The Hall–Kier alpha value is -1.45. The van der Waals surface area contributed by atoms with Gasteiger partial charge in [-0.3, -0.25) is 4.18 Å². The van der Waals surface area contributed by atoms with Crippen molar-refractivity contribution in [3.63, 3.8) is 0 Å². The first-order valence-corrected chi connectivity index (χ1v) is 4.90.